The molecule has 2 unspecified atom stereocenters. The summed E-state index contributed by atoms with van der Waals surface area (Å²) >= 11 is 0. The molecule has 2 N–H and O–H groups in total. The molecule has 56 heavy (non-hydrogen) atoms. The van der Waals surface area contributed by atoms with Crippen molar-refractivity contribution < 1.29 is 27.0 Å². The third-order valence-electron chi connectivity index (χ3n) is 13.9. The van der Waals surface area contributed by atoms with Crippen molar-refractivity contribution in [1.82, 2.24) is 0 Å². The highest BCUT2D eigenvalue weighted by Gasteiger charge is 2.47. The van der Waals surface area contributed by atoms with E-state index < -0.39 is 44.1 Å². The molecule has 0 radical (unpaired) electrons. The molecule has 2 heterocycles. The van der Waals surface area contributed by atoms with Crippen LogP contribution in [0.5, 0.6) is 0 Å². The van der Waals surface area contributed by atoms with Crippen LogP contribution < -0.4 is 29.5 Å². The maximum absolute atomic E-state index is 14.7. The molecule has 0 saturated heterocycles. The second-order valence-corrected chi connectivity index (χ2v) is 22.0. The average molecular weight is 815 g/mol. The minimum absolute atomic E-state index is 0.0394. The van der Waals surface area contributed by atoms with Crippen LogP contribution in [-0.4, -0.2) is 66.7 Å². The monoisotopic (exact) mass is 814 g/mol. The van der Waals surface area contributed by atoms with Crippen molar-refractivity contribution in [2.45, 2.75) is 179 Å². The normalized spacial score (nSPS) is 25.2. The van der Waals surface area contributed by atoms with Crippen molar-refractivity contribution in [2.24, 2.45) is 0 Å². The van der Waals surface area contributed by atoms with Crippen molar-refractivity contribution >= 4 is 42.8 Å². The number of fused-ring (bicyclic) bond motifs is 2. The lowest BCUT2D eigenvalue weighted by atomic mass is 9.62. The molecule has 0 bridgehead atoms. The number of hydrogen-bond acceptors (Lipinski definition) is 8. The smallest absolute Gasteiger partial charge is 0.232 e. The van der Waals surface area contributed by atoms with Gasteiger partial charge in [0, 0.05) is 48.4 Å². The van der Waals surface area contributed by atoms with Crippen LogP contribution in [0, 0.1) is 0 Å². The van der Waals surface area contributed by atoms with Gasteiger partial charge in [0.1, 0.15) is 0 Å². The van der Waals surface area contributed by atoms with E-state index in [0.717, 1.165) is 86.7 Å². The molecule has 10 nitrogen and oxygen atoms in total. The topological polar surface area (TPSA) is 145 Å². The molecule has 316 valence electrons. The third kappa shape index (κ3) is 8.88. The molecular formula is C44H70N4O6S2-2. The van der Waals surface area contributed by atoms with Gasteiger partial charge in [-0.05, 0) is 72.9 Å². The van der Waals surface area contributed by atoms with Crippen molar-refractivity contribution in [2.75, 3.05) is 44.8 Å². The fourth-order valence-corrected chi connectivity index (χ4v) is 11.8. The molecule has 0 aromatic heterocycles. The Morgan fingerprint density at radius 3 is 1.23 bits per heavy atom. The van der Waals surface area contributed by atoms with E-state index in [2.05, 4.69) is 74.6 Å². The second kappa shape index (κ2) is 17.4. The van der Waals surface area contributed by atoms with Crippen LogP contribution in [0.25, 0.3) is 0 Å². The Morgan fingerprint density at radius 1 is 0.571 bits per heavy atom. The highest BCUT2D eigenvalue weighted by atomic mass is 32.2. The van der Waals surface area contributed by atoms with Gasteiger partial charge in [0.25, 0.3) is 0 Å². The van der Waals surface area contributed by atoms with Crippen molar-refractivity contribution in [1.29, 1.82) is 0 Å². The minimum atomic E-state index is -3.77. The molecule has 2 aliphatic heterocycles. The van der Waals surface area contributed by atoms with Crippen molar-refractivity contribution in [3.8, 4) is 0 Å². The van der Waals surface area contributed by atoms with Crippen molar-refractivity contribution in [3.05, 3.63) is 46.5 Å². The maximum Gasteiger partial charge on any atom is 0.232 e. The quantitative estimate of drug-likeness (QED) is 0.131. The zero-order valence-electron chi connectivity index (χ0n) is 35.8. The number of sulfonamides is 2. The summed E-state index contributed by atoms with van der Waals surface area (Å²) in [5.41, 5.74) is 4.53. The van der Waals surface area contributed by atoms with Gasteiger partial charge < -0.3 is 20.0 Å². The zero-order valence-corrected chi connectivity index (χ0v) is 37.5. The Hall–Kier alpha value is -2.54. The summed E-state index contributed by atoms with van der Waals surface area (Å²) in [7, 11) is -3.57. The number of nitrogens with zero attached hydrogens (tertiary/aromatic N) is 2. The first-order valence-corrected chi connectivity index (χ1v) is 24.7. The molecule has 5 rings (SSSR count). The number of hydrogen-bond donors (Lipinski definition) is 2. The highest BCUT2D eigenvalue weighted by molar-refractivity contribution is 7.92. The first kappa shape index (κ1) is 44.6. The van der Waals surface area contributed by atoms with Crippen LogP contribution in [0.2, 0.25) is 0 Å². The van der Waals surface area contributed by atoms with E-state index in [-0.39, 0.29) is 34.4 Å². The first-order chi connectivity index (χ1) is 26.2. The third-order valence-corrected chi connectivity index (χ3v) is 16.6. The predicted octanol–water partition coefficient (Wildman–Crippen LogP) is 7.46. The van der Waals surface area contributed by atoms with Gasteiger partial charge in [0.05, 0.1) is 22.9 Å². The predicted molar refractivity (Wildman–Crippen MR) is 229 cm³/mol. The van der Waals surface area contributed by atoms with E-state index in [1.807, 2.05) is 38.4 Å². The van der Waals surface area contributed by atoms with Gasteiger partial charge in [-0.3, -0.25) is 9.44 Å². The summed E-state index contributed by atoms with van der Waals surface area (Å²) < 4.78 is 60.0. The van der Waals surface area contributed by atoms with Crippen LogP contribution in [0.3, 0.4) is 0 Å². The minimum Gasteiger partial charge on any atom is -0.851 e. The van der Waals surface area contributed by atoms with Crippen LogP contribution in [0.4, 0.5) is 22.7 Å². The number of unbranched alkanes of at least 4 members (excludes halogenated alkanes) is 10. The van der Waals surface area contributed by atoms with E-state index in [0.29, 0.717) is 35.3 Å². The summed E-state index contributed by atoms with van der Waals surface area (Å²) in [6, 6.07) is 7.64. The molecule has 0 amide bonds. The van der Waals surface area contributed by atoms with Gasteiger partial charge in [0.2, 0.25) is 20.0 Å². The van der Waals surface area contributed by atoms with Gasteiger partial charge >= 0.3 is 0 Å². The Labute approximate surface area is 339 Å². The molecule has 2 atom stereocenters. The molecule has 12 heteroatoms. The molecule has 1 saturated carbocycles. The van der Waals surface area contributed by atoms with Crippen LogP contribution in [0.1, 0.15) is 167 Å². The lowest BCUT2D eigenvalue weighted by Gasteiger charge is -2.62. The standard InChI is InChI=1S/C44H70N4O6S2/c1-11-13-15-17-19-21-23-55(51,52)45-35-27-37-33(43(5,6)29(3)47(37)9)25-31(35)39-41(49)40(42(39)50)32-26-34-38(48(10)30(4)44(34,7)8)28-36(32)46-56(53,54)24-22-20-18-16-14-12-2/h25-30,39-42,45-46H,11-24H2,1-10H3/q-2. The van der Waals surface area contributed by atoms with Gasteiger partial charge in [-0.1, -0.05) is 118 Å². The van der Waals surface area contributed by atoms with Crippen molar-refractivity contribution in [3.63, 3.8) is 0 Å². The lowest BCUT2D eigenvalue weighted by Crippen LogP contribution is -2.64. The average Bonchev–Trinajstić information content (AvgIpc) is 3.39. The number of nitrogens with one attached hydrogen (secondary N) is 2. The Balaban J connectivity index is 1.50. The SMILES string of the molecule is CCCCCCCCS(=O)(=O)Nc1cc2c(cc1C1C([O-])C(c3cc4c(cc3NS(=O)(=O)CCCCCCCC)N(C)C(C)C4(C)C)C1[O-])C(C)(C)C(C)N2C. The van der Waals surface area contributed by atoms with Gasteiger partial charge in [-0.15, -0.1) is 12.2 Å². The number of rotatable bonds is 20. The van der Waals surface area contributed by atoms with Crippen LogP contribution in [0.15, 0.2) is 24.3 Å². The zero-order chi connectivity index (χ0) is 41.4. The fraction of sp³-hybridized carbons (Fsp3) is 0.727. The summed E-state index contributed by atoms with van der Waals surface area (Å²) in [5.74, 6) is -2.13. The Bertz CT molecular complexity index is 1770. The number of benzene rings is 2. The molecule has 3 aliphatic rings. The highest BCUT2D eigenvalue weighted by Crippen LogP contribution is 2.55. The van der Waals surface area contributed by atoms with E-state index in [4.69, 9.17) is 0 Å². The molecule has 2 aromatic rings. The van der Waals surface area contributed by atoms with E-state index in [1.54, 1.807) is 0 Å². The fourth-order valence-electron chi connectivity index (χ4n) is 9.35. The Kier molecular flexibility index (Phi) is 13.8. The number of likely N-dealkylation sites (N-methyl/N-ethyl adjacent to an activating group) is 2. The Morgan fingerprint density at radius 2 is 0.893 bits per heavy atom. The van der Waals surface area contributed by atoms with Gasteiger partial charge in [-0.25, -0.2) is 16.8 Å². The van der Waals surface area contributed by atoms with E-state index in [1.165, 1.54) is 0 Å². The second-order valence-electron chi connectivity index (χ2n) is 18.3. The largest absolute Gasteiger partial charge is 0.851 e. The van der Waals surface area contributed by atoms with Crippen LogP contribution >= 0.6 is 0 Å². The van der Waals surface area contributed by atoms with Gasteiger partial charge in [-0.2, -0.15) is 0 Å². The summed E-state index contributed by atoms with van der Waals surface area (Å²) in [6.07, 6.45) is 8.48. The van der Waals surface area contributed by atoms with Crippen LogP contribution in [-0.2, 0) is 30.9 Å². The summed E-state index contributed by atoms with van der Waals surface area (Å²) in [4.78, 5) is 4.26. The molecule has 0 spiro atoms. The molecule has 2 aromatic carbocycles. The maximum atomic E-state index is 14.7. The number of anilines is 4. The molecule has 1 aliphatic carbocycles. The first-order valence-electron chi connectivity index (χ1n) is 21.3. The summed E-state index contributed by atoms with van der Waals surface area (Å²) in [5, 5.41) is 29.4. The van der Waals surface area contributed by atoms with E-state index >= 15 is 0 Å². The molecular weight excluding hydrogens is 745 g/mol. The van der Waals surface area contributed by atoms with Gasteiger partial charge in [0.15, 0.2) is 0 Å². The lowest BCUT2D eigenvalue weighted by molar-refractivity contribution is -0.535. The van der Waals surface area contributed by atoms with E-state index in [9.17, 15) is 27.0 Å². The molecule has 1 fully saturated rings. The summed E-state index contributed by atoms with van der Waals surface area (Å²) in [6.45, 7) is 17.1.